The van der Waals surface area contributed by atoms with E-state index in [1.54, 1.807) is 41.5 Å². The van der Waals surface area contributed by atoms with Gasteiger partial charge >= 0.3 is 5.97 Å². The molecule has 1 aromatic rings. The molecule has 0 spiro atoms. The van der Waals surface area contributed by atoms with Crippen molar-refractivity contribution in [1.29, 1.82) is 0 Å². The third-order valence-electron chi connectivity index (χ3n) is 13.2. The van der Waals surface area contributed by atoms with Gasteiger partial charge in [-0.05, 0) is 80.5 Å². The predicted molar refractivity (Wildman–Crippen MR) is 215 cm³/mol. The Labute approximate surface area is 345 Å². The number of hydrogen-bond acceptors (Lipinski definition) is 14. The molecule has 0 unspecified atom stereocenters. The van der Waals surface area contributed by atoms with E-state index in [1.807, 2.05) is 70.1 Å². The minimum absolute atomic E-state index is 0.0794. The van der Waals surface area contributed by atoms with E-state index in [0.29, 0.717) is 6.42 Å². The average molecular weight is 824 g/mol. The number of carbonyl (C=O) groups is 2. The number of ketones is 1. The highest BCUT2D eigenvalue weighted by molar-refractivity contribution is 5.83. The molecule has 14 nitrogen and oxygen atoms in total. The van der Waals surface area contributed by atoms with Gasteiger partial charge in [0, 0.05) is 37.3 Å². The second-order valence-electron chi connectivity index (χ2n) is 18.2. The van der Waals surface area contributed by atoms with E-state index < -0.39 is 102 Å². The zero-order valence-electron chi connectivity index (χ0n) is 37.0. The summed E-state index contributed by atoms with van der Waals surface area (Å²) in [6.45, 7) is 17.3. The molecular formula is C44H73NO13. The van der Waals surface area contributed by atoms with E-state index in [2.05, 4.69) is 0 Å². The van der Waals surface area contributed by atoms with Crippen LogP contribution in [0.5, 0.6) is 0 Å². The van der Waals surface area contributed by atoms with Crippen molar-refractivity contribution in [1.82, 2.24) is 4.90 Å². The Morgan fingerprint density at radius 3 is 2.09 bits per heavy atom. The van der Waals surface area contributed by atoms with Crippen molar-refractivity contribution in [2.24, 2.45) is 23.7 Å². The maximum atomic E-state index is 14.4. The number of methoxy groups -OCH3 is 1. The molecule has 14 heteroatoms. The lowest BCUT2D eigenvalue weighted by atomic mass is 9.73. The number of aliphatic hydroxyl groups is 4. The number of carbonyl (C=O) groups excluding carboxylic acids is 2. The predicted octanol–water partition coefficient (Wildman–Crippen LogP) is 4.01. The number of benzene rings is 1. The van der Waals surface area contributed by atoms with Gasteiger partial charge in [0.05, 0.1) is 54.2 Å². The quantitative estimate of drug-likeness (QED) is 0.249. The molecule has 0 aromatic heterocycles. The normalized spacial score (nSPS) is 45.1. The highest BCUT2D eigenvalue weighted by Gasteiger charge is 2.54. The molecule has 3 aliphatic heterocycles. The number of esters is 1. The summed E-state index contributed by atoms with van der Waals surface area (Å²) in [5, 5.41) is 46.3. The number of hydrogen-bond donors (Lipinski definition) is 4. The van der Waals surface area contributed by atoms with Gasteiger partial charge in [-0.25, -0.2) is 0 Å². The van der Waals surface area contributed by atoms with Crippen LogP contribution in [0.2, 0.25) is 0 Å². The molecule has 3 fully saturated rings. The smallest absolute Gasteiger partial charge is 0.311 e. The molecule has 4 N–H and O–H groups in total. The lowest BCUT2D eigenvalue weighted by molar-refractivity contribution is -0.321. The van der Waals surface area contributed by atoms with E-state index in [4.69, 9.17) is 33.2 Å². The van der Waals surface area contributed by atoms with Crippen molar-refractivity contribution >= 4 is 11.8 Å². The van der Waals surface area contributed by atoms with Crippen LogP contribution in [0.15, 0.2) is 30.3 Å². The summed E-state index contributed by atoms with van der Waals surface area (Å²) in [5.41, 5.74) is -3.52. The molecule has 332 valence electrons. The van der Waals surface area contributed by atoms with Gasteiger partial charge in [-0.3, -0.25) is 9.59 Å². The van der Waals surface area contributed by atoms with Crippen molar-refractivity contribution in [3.05, 3.63) is 35.9 Å². The summed E-state index contributed by atoms with van der Waals surface area (Å²) in [6, 6.07) is 9.25. The Balaban J connectivity index is 1.93. The fourth-order valence-electron chi connectivity index (χ4n) is 9.35. The van der Waals surface area contributed by atoms with Crippen LogP contribution in [0.25, 0.3) is 0 Å². The first-order valence-electron chi connectivity index (χ1n) is 21.0. The lowest BCUT2D eigenvalue weighted by Crippen LogP contribution is -2.61. The first-order valence-corrected chi connectivity index (χ1v) is 21.0. The van der Waals surface area contributed by atoms with Gasteiger partial charge in [0.1, 0.15) is 29.7 Å². The molecular weight excluding hydrogens is 750 g/mol. The van der Waals surface area contributed by atoms with Gasteiger partial charge < -0.3 is 58.5 Å². The third kappa shape index (κ3) is 10.7. The zero-order chi connectivity index (χ0) is 43.5. The van der Waals surface area contributed by atoms with Crippen molar-refractivity contribution < 1.29 is 63.2 Å². The number of rotatable bonds is 10. The minimum atomic E-state index is -1.99. The number of likely N-dealkylation sites (N-methyl/N-ethyl adjacent to an activating group) is 1. The Bertz CT molecular complexity index is 1480. The van der Waals surface area contributed by atoms with Crippen molar-refractivity contribution in [2.75, 3.05) is 21.2 Å². The van der Waals surface area contributed by atoms with Crippen LogP contribution in [-0.2, 0) is 49.4 Å². The minimum Gasteiger partial charge on any atom is -0.459 e. The highest BCUT2D eigenvalue weighted by Crippen LogP contribution is 2.42. The average Bonchev–Trinajstić information content (AvgIpc) is 3.18. The molecule has 3 aliphatic rings. The maximum absolute atomic E-state index is 14.4. The van der Waals surface area contributed by atoms with Crippen LogP contribution in [0.4, 0.5) is 0 Å². The summed E-state index contributed by atoms with van der Waals surface area (Å²) >= 11 is 0. The largest absolute Gasteiger partial charge is 0.459 e. The number of aliphatic hydroxyl groups excluding tert-OH is 3. The monoisotopic (exact) mass is 824 g/mol. The molecule has 4 rings (SSSR count). The number of cyclic esters (lactones) is 1. The van der Waals surface area contributed by atoms with Crippen molar-refractivity contribution in [3.8, 4) is 0 Å². The van der Waals surface area contributed by atoms with Crippen molar-refractivity contribution in [2.45, 2.75) is 186 Å². The number of Topliss-reactive ketones (excluding diaryl/α,β-unsaturated/α-hetero) is 1. The van der Waals surface area contributed by atoms with Gasteiger partial charge in [0.15, 0.2) is 12.6 Å². The second-order valence-corrected chi connectivity index (χ2v) is 18.2. The molecule has 3 heterocycles. The summed E-state index contributed by atoms with van der Waals surface area (Å²) in [5.74, 6) is -4.64. The van der Waals surface area contributed by atoms with Crippen LogP contribution < -0.4 is 0 Å². The standard InChI is InChI=1S/C44H73NO13/c1-14-32-44(10,51)37(48)26(4)34(46)24(2)21-43(9,53-23-30-18-16-15-17-19-30)39(58-41-35(47)31(45(11)12)20-25(3)54-41)27(5)36(28(6)40(50)56-32)57-33-22-42(8,52-13)38(49)29(7)55-33/h15-19,24-29,31-33,35-39,41,47-49,51H,14,20-23H2,1-13H3/t24-,25-,26+,27+,28-,29+,31+,32-,33+,35-,36+,37-,38+,39-,41+,42-,43+,44-/m1/s1. The molecule has 0 amide bonds. The molecule has 0 radical (unpaired) electrons. The summed E-state index contributed by atoms with van der Waals surface area (Å²) in [4.78, 5) is 30.7. The summed E-state index contributed by atoms with van der Waals surface area (Å²) in [6.07, 6.45) is -9.09. The van der Waals surface area contributed by atoms with Gasteiger partial charge in [0.2, 0.25) is 0 Å². The molecule has 58 heavy (non-hydrogen) atoms. The van der Waals surface area contributed by atoms with E-state index >= 15 is 0 Å². The lowest BCUT2D eigenvalue weighted by Gasteiger charge is -2.50. The van der Waals surface area contributed by atoms with Gasteiger partial charge in [0.25, 0.3) is 0 Å². The first kappa shape index (κ1) is 48.6. The number of nitrogens with zero attached hydrogens (tertiary/aromatic N) is 1. The molecule has 3 saturated heterocycles. The van der Waals surface area contributed by atoms with Crippen LogP contribution >= 0.6 is 0 Å². The molecule has 0 saturated carbocycles. The Hall–Kier alpha value is -2.08. The van der Waals surface area contributed by atoms with Gasteiger partial charge in [-0.2, -0.15) is 0 Å². The topological polar surface area (TPSA) is 183 Å². The van der Waals surface area contributed by atoms with Crippen LogP contribution in [-0.4, -0.2) is 143 Å². The Morgan fingerprint density at radius 2 is 1.50 bits per heavy atom. The van der Waals surface area contributed by atoms with Crippen LogP contribution in [0, 0.1) is 23.7 Å². The molecule has 0 aliphatic carbocycles. The van der Waals surface area contributed by atoms with E-state index in [-0.39, 0.29) is 43.8 Å². The van der Waals surface area contributed by atoms with Gasteiger partial charge in [-0.1, -0.05) is 58.0 Å². The van der Waals surface area contributed by atoms with Crippen molar-refractivity contribution in [3.63, 3.8) is 0 Å². The van der Waals surface area contributed by atoms with Gasteiger partial charge in [-0.15, -0.1) is 0 Å². The zero-order valence-corrected chi connectivity index (χ0v) is 37.0. The summed E-state index contributed by atoms with van der Waals surface area (Å²) in [7, 11) is 5.28. The molecule has 1 aromatic carbocycles. The molecule has 18 atom stereocenters. The first-order chi connectivity index (χ1) is 27.0. The third-order valence-corrected chi connectivity index (χ3v) is 13.2. The maximum Gasteiger partial charge on any atom is 0.311 e. The summed E-state index contributed by atoms with van der Waals surface area (Å²) < 4.78 is 45.2. The Kier molecular flexibility index (Phi) is 16.5. The second kappa shape index (κ2) is 19.7. The van der Waals surface area contributed by atoms with Crippen LogP contribution in [0.1, 0.15) is 100 Å². The SMILES string of the molecule is CC[C@H]1OC(=O)[C@H](C)[C@@H](O[C@H]2C[C@@](C)(OC)[C@@H](O)[C@H](C)O2)[C@H](C)[C@@H](O[C@@H]2O[C@H](C)C[C@H](N(C)C)[C@H]2O)[C@@](C)(OCc2ccccc2)C[C@@H](C)C(=O)[C@H](C)[C@@H](O)[C@]1(C)O. The highest BCUT2D eigenvalue weighted by atomic mass is 16.7. The fraction of sp³-hybridized carbons (Fsp3) is 0.818. The Morgan fingerprint density at radius 1 is 0.862 bits per heavy atom. The van der Waals surface area contributed by atoms with E-state index in [0.717, 1.165) is 5.56 Å². The fourth-order valence-corrected chi connectivity index (χ4v) is 9.35. The van der Waals surface area contributed by atoms with E-state index in [9.17, 15) is 30.0 Å². The molecule has 0 bridgehead atoms. The number of ether oxygens (including phenoxy) is 7. The van der Waals surface area contributed by atoms with Crippen LogP contribution in [0.3, 0.4) is 0 Å². The van der Waals surface area contributed by atoms with E-state index in [1.165, 1.54) is 14.0 Å².